The Morgan fingerprint density at radius 1 is 1.12 bits per heavy atom. The molecule has 0 spiro atoms. The number of carbonyl (C=O) groups is 2. The average molecular weight is 499 g/mol. The lowest BCUT2D eigenvalue weighted by Gasteiger charge is -2.26. The van der Waals surface area contributed by atoms with Gasteiger partial charge in [-0.05, 0) is 36.4 Å². The Morgan fingerprint density at radius 3 is 2.76 bits per heavy atom. The maximum atomic E-state index is 12.6. The molecule has 1 aliphatic heterocycles. The Bertz CT molecular complexity index is 1380. The minimum atomic E-state index is -0.236. The maximum Gasteiger partial charge on any atom is 0.251 e. The molecule has 5 rings (SSSR count). The molecule has 3 heterocycles. The summed E-state index contributed by atoms with van der Waals surface area (Å²) in [6.45, 7) is 2.61. The summed E-state index contributed by atoms with van der Waals surface area (Å²) < 4.78 is 8.16. The van der Waals surface area contributed by atoms with Gasteiger partial charge in [0.2, 0.25) is 11.9 Å². The third-order valence-corrected chi connectivity index (χ3v) is 6.87. The van der Waals surface area contributed by atoms with Crippen LogP contribution in [0.15, 0.2) is 36.4 Å². The fraction of sp³-hybridized carbons (Fsp3) is 0.304. The van der Waals surface area contributed by atoms with E-state index in [0.29, 0.717) is 53.5 Å². The van der Waals surface area contributed by atoms with Gasteiger partial charge in [-0.1, -0.05) is 22.9 Å². The summed E-state index contributed by atoms with van der Waals surface area (Å²) >= 11 is 7.57. The second-order valence-corrected chi connectivity index (χ2v) is 9.42. The van der Waals surface area contributed by atoms with Crippen molar-refractivity contribution >= 4 is 67.1 Å². The number of aryl methyl sites for hydroxylation is 1. The summed E-state index contributed by atoms with van der Waals surface area (Å²) in [5.74, 6) is 0.408. The molecule has 0 bridgehead atoms. The van der Waals surface area contributed by atoms with Crippen molar-refractivity contribution in [3.05, 3.63) is 47.0 Å². The smallest absolute Gasteiger partial charge is 0.251 e. The number of amides is 2. The van der Waals surface area contributed by atoms with Crippen LogP contribution in [0.2, 0.25) is 5.02 Å². The molecule has 2 amide bonds. The van der Waals surface area contributed by atoms with E-state index in [1.54, 1.807) is 17.0 Å². The number of halogens is 1. The molecule has 11 heteroatoms. The monoisotopic (exact) mass is 498 g/mol. The number of carbonyl (C=O) groups excluding carboxylic acids is 2. The van der Waals surface area contributed by atoms with Gasteiger partial charge >= 0.3 is 0 Å². The number of benzene rings is 2. The number of hydrogen-bond donors (Lipinski definition) is 2. The largest absolute Gasteiger partial charge is 0.378 e. The lowest BCUT2D eigenvalue weighted by Crippen LogP contribution is -2.42. The van der Waals surface area contributed by atoms with Crippen molar-refractivity contribution in [3.8, 4) is 0 Å². The van der Waals surface area contributed by atoms with Crippen LogP contribution in [0.5, 0.6) is 0 Å². The topological polar surface area (TPSA) is 101 Å². The number of anilines is 2. The quantitative estimate of drug-likeness (QED) is 0.421. The van der Waals surface area contributed by atoms with Gasteiger partial charge in [-0.2, -0.15) is 0 Å². The zero-order valence-electron chi connectivity index (χ0n) is 18.5. The number of ether oxygens (including phenoxy) is 1. The number of fused-ring (bicyclic) bond motifs is 2. The summed E-state index contributed by atoms with van der Waals surface area (Å²) in [7, 11) is 1.90. The first-order valence-electron chi connectivity index (χ1n) is 10.9. The van der Waals surface area contributed by atoms with E-state index in [-0.39, 0.29) is 24.8 Å². The Morgan fingerprint density at radius 2 is 1.94 bits per heavy atom. The normalized spacial score (nSPS) is 14.0. The molecule has 1 aliphatic rings. The predicted molar refractivity (Wildman–Crippen MR) is 133 cm³/mol. The van der Waals surface area contributed by atoms with Gasteiger partial charge in [0.1, 0.15) is 0 Å². The molecule has 1 fully saturated rings. The van der Waals surface area contributed by atoms with Crippen molar-refractivity contribution < 1.29 is 14.3 Å². The number of aromatic nitrogens is 3. The van der Waals surface area contributed by atoms with Gasteiger partial charge in [0.25, 0.3) is 5.91 Å². The minimum Gasteiger partial charge on any atom is -0.378 e. The van der Waals surface area contributed by atoms with Crippen LogP contribution in [0.3, 0.4) is 0 Å². The minimum absolute atomic E-state index is 0.0246. The maximum absolute atomic E-state index is 12.6. The fourth-order valence-electron chi connectivity index (χ4n) is 3.86. The number of hydrogen-bond acceptors (Lipinski definition) is 7. The number of rotatable bonds is 6. The second-order valence-electron chi connectivity index (χ2n) is 7.95. The van der Waals surface area contributed by atoms with E-state index >= 15 is 0 Å². The number of thiazole rings is 1. The molecule has 0 radical (unpaired) electrons. The molecule has 0 unspecified atom stereocenters. The van der Waals surface area contributed by atoms with E-state index in [1.807, 2.05) is 35.9 Å². The van der Waals surface area contributed by atoms with Crippen LogP contribution in [-0.2, 0) is 16.6 Å². The molecule has 2 aromatic carbocycles. The van der Waals surface area contributed by atoms with E-state index in [1.165, 1.54) is 11.3 Å². The Labute approximate surface area is 204 Å². The highest BCUT2D eigenvalue weighted by Crippen LogP contribution is 2.31. The Kier molecular flexibility index (Phi) is 6.36. The first-order chi connectivity index (χ1) is 16.5. The highest BCUT2D eigenvalue weighted by molar-refractivity contribution is 7.22. The Hall–Kier alpha value is -3.21. The zero-order valence-corrected chi connectivity index (χ0v) is 20.1. The van der Waals surface area contributed by atoms with Gasteiger partial charge in [-0.25, -0.2) is 9.97 Å². The predicted octanol–water partition coefficient (Wildman–Crippen LogP) is 3.56. The highest BCUT2D eigenvalue weighted by atomic mass is 35.5. The molecule has 34 heavy (non-hydrogen) atoms. The van der Waals surface area contributed by atoms with Crippen LogP contribution in [0.25, 0.3) is 21.3 Å². The van der Waals surface area contributed by atoms with E-state index in [4.69, 9.17) is 16.3 Å². The number of nitrogens with one attached hydrogen (secondary N) is 2. The van der Waals surface area contributed by atoms with Crippen LogP contribution >= 0.6 is 22.9 Å². The average Bonchev–Trinajstić information content (AvgIpc) is 3.38. The van der Waals surface area contributed by atoms with Crippen LogP contribution in [0.1, 0.15) is 16.8 Å². The van der Waals surface area contributed by atoms with Crippen LogP contribution in [-0.4, -0.2) is 64.1 Å². The van der Waals surface area contributed by atoms with Gasteiger partial charge in [0, 0.05) is 43.7 Å². The van der Waals surface area contributed by atoms with E-state index in [0.717, 1.165) is 15.7 Å². The third kappa shape index (κ3) is 4.70. The molecule has 4 aromatic rings. The SMILES string of the molecule is Cn1c(Nc2nc3ccc(Cl)cc3s2)nc2cc(C(=O)NCCC(=O)N3CCOCC3)ccc21. The number of nitrogens with zero attached hydrogens (tertiary/aromatic N) is 4. The van der Waals surface area contributed by atoms with Gasteiger partial charge < -0.3 is 24.8 Å². The number of imidazole rings is 1. The van der Waals surface area contributed by atoms with Crippen molar-refractivity contribution in [1.29, 1.82) is 0 Å². The van der Waals surface area contributed by atoms with Crippen molar-refractivity contribution in [3.63, 3.8) is 0 Å². The number of morpholine rings is 1. The summed E-state index contributed by atoms with van der Waals surface area (Å²) in [6.07, 6.45) is 0.263. The van der Waals surface area contributed by atoms with Gasteiger partial charge in [0.15, 0.2) is 5.13 Å². The van der Waals surface area contributed by atoms with Gasteiger partial charge in [-0.3, -0.25) is 9.59 Å². The standard InChI is InChI=1S/C23H23ClN6O3S/c1-29-18-5-2-14(21(32)25-7-6-20(31)30-8-10-33-11-9-30)12-17(18)26-22(29)28-23-27-16-4-3-15(24)13-19(16)34-23/h2-5,12-13H,6-11H2,1H3,(H,25,32)(H,26,27,28). The molecular formula is C23H23ClN6O3S. The molecule has 0 atom stereocenters. The molecule has 0 aliphatic carbocycles. The first kappa shape index (κ1) is 22.6. The summed E-state index contributed by atoms with van der Waals surface area (Å²) in [4.78, 5) is 35.9. The van der Waals surface area contributed by atoms with Crippen LogP contribution in [0, 0.1) is 0 Å². The van der Waals surface area contributed by atoms with Crippen LogP contribution < -0.4 is 10.6 Å². The fourth-order valence-corrected chi connectivity index (χ4v) is 4.99. The van der Waals surface area contributed by atoms with Crippen molar-refractivity contribution in [2.24, 2.45) is 7.05 Å². The van der Waals surface area contributed by atoms with E-state index in [9.17, 15) is 9.59 Å². The molecule has 0 saturated carbocycles. The highest BCUT2D eigenvalue weighted by Gasteiger charge is 2.17. The summed E-state index contributed by atoms with van der Waals surface area (Å²) in [5, 5.41) is 7.46. The van der Waals surface area contributed by atoms with Crippen molar-refractivity contribution in [2.45, 2.75) is 6.42 Å². The molecule has 2 N–H and O–H groups in total. The van der Waals surface area contributed by atoms with Gasteiger partial charge in [-0.15, -0.1) is 0 Å². The first-order valence-corrected chi connectivity index (χ1v) is 12.1. The summed E-state index contributed by atoms with van der Waals surface area (Å²) in [6, 6.07) is 10.9. The van der Waals surface area contributed by atoms with E-state index in [2.05, 4.69) is 20.6 Å². The summed E-state index contributed by atoms with van der Waals surface area (Å²) in [5.41, 5.74) is 2.92. The molecular weight excluding hydrogens is 476 g/mol. The molecule has 176 valence electrons. The molecule has 9 nitrogen and oxygen atoms in total. The second kappa shape index (κ2) is 9.57. The van der Waals surface area contributed by atoms with Crippen LogP contribution in [0.4, 0.5) is 11.1 Å². The zero-order chi connectivity index (χ0) is 23.7. The molecule has 1 saturated heterocycles. The lowest BCUT2D eigenvalue weighted by molar-refractivity contribution is -0.135. The van der Waals surface area contributed by atoms with Gasteiger partial charge in [0.05, 0.1) is 34.5 Å². The van der Waals surface area contributed by atoms with Crippen molar-refractivity contribution in [2.75, 3.05) is 38.2 Å². The Balaban J connectivity index is 1.25. The molecule has 2 aromatic heterocycles. The third-order valence-electron chi connectivity index (χ3n) is 5.70. The van der Waals surface area contributed by atoms with Crippen molar-refractivity contribution in [1.82, 2.24) is 24.8 Å². The van der Waals surface area contributed by atoms with E-state index < -0.39 is 0 Å². The lowest BCUT2D eigenvalue weighted by atomic mass is 10.2.